The number of thiazole rings is 1. The Balaban J connectivity index is 1.36. The van der Waals surface area contributed by atoms with Gasteiger partial charge in [-0.1, -0.05) is 11.3 Å². The highest BCUT2D eigenvalue weighted by Crippen LogP contribution is 2.29. The van der Waals surface area contributed by atoms with E-state index in [2.05, 4.69) is 15.6 Å². The molecular weight excluding hydrogens is 444 g/mol. The number of carbonyl (C=O) groups excluding carboxylic acids is 3. The van der Waals surface area contributed by atoms with Crippen molar-refractivity contribution in [1.29, 1.82) is 0 Å². The molecule has 0 atom stereocenters. The second-order valence-electron chi connectivity index (χ2n) is 8.50. The van der Waals surface area contributed by atoms with Gasteiger partial charge in [-0.05, 0) is 57.2 Å². The Morgan fingerprint density at radius 2 is 1.85 bits per heavy atom. The molecule has 0 aliphatic carbocycles. The maximum absolute atomic E-state index is 12.6. The fourth-order valence-electron chi connectivity index (χ4n) is 3.21. The number of hydrogen-bond donors (Lipinski definition) is 2. The highest BCUT2D eigenvalue weighted by Gasteiger charge is 2.28. The minimum atomic E-state index is -0.554. The minimum absolute atomic E-state index is 0.204. The van der Waals surface area contributed by atoms with Crippen LogP contribution in [0, 0.1) is 0 Å². The summed E-state index contributed by atoms with van der Waals surface area (Å²) in [5.74, 6) is -0.477. The summed E-state index contributed by atoms with van der Waals surface area (Å²) in [6.45, 7) is 6.42. The van der Waals surface area contributed by atoms with Crippen LogP contribution in [0.5, 0.6) is 0 Å². The number of furan rings is 1. The molecule has 4 rings (SSSR count). The molecule has 3 aromatic rings. The molecule has 9 nitrogen and oxygen atoms in total. The van der Waals surface area contributed by atoms with Crippen LogP contribution in [0.3, 0.4) is 0 Å². The molecule has 0 radical (unpaired) electrons. The van der Waals surface area contributed by atoms with E-state index in [-0.39, 0.29) is 23.7 Å². The van der Waals surface area contributed by atoms with Crippen LogP contribution in [-0.4, -0.2) is 39.9 Å². The average molecular weight is 469 g/mol. The van der Waals surface area contributed by atoms with Crippen LogP contribution < -0.4 is 10.6 Å². The Labute approximate surface area is 194 Å². The molecule has 1 aliphatic rings. The van der Waals surface area contributed by atoms with Gasteiger partial charge in [-0.2, -0.15) is 0 Å². The first kappa shape index (κ1) is 22.5. The molecule has 0 fully saturated rings. The van der Waals surface area contributed by atoms with Crippen LogP contribution in [0.1, 0.15) is 52.3 Å². The molecule has 33 heavy (non-hydrogen) atoms. The van der Waals surface area contributed by atoms with E-state index in [0.717, 1.165) is 10.6 Å². The van der Waals surface area contributed by atoms with Crippen molar-refractivity contribution in [1.82, 2.24) is 9.88 Å². The first-order chi connectivity index (χ1) is 15.7. The van der Waals surface area contributed by atoms with Crippen molar-refractivity contribution in [2.75, 3.05) is 17.2 Å². The average Bonchev–Trinajstić information content (AvgIpc) is 3.42. The fourth-order valence-corrected chi connectivity index (χ4v) is 4.22. The van der Waals surface area contributed by atoms with Gasteiger partial charge < -0.3 is 19.4 Å². The second kappa shape index (κ2) is 9.07. The summed E-state index contributed by atoms with van der Waals surface area (Å²) in [7, 11) is 0. The van der Waals surface area contributed by atoms with Gasteiger partial charge >= 0.3 is 6.09 Å². The molecule has 3 amide bonds. The Bertz CT molecular complexity index is 1160. The predicted molar refractivity (Wildman–Crippen MR) is 124 cm³/mol. The van der Waals surface area contributed by atoms with Crippen molar-refractivity contribution in [2.24, 2.45) is 0 Å². The lowest BCUT2D eigenvalue weighted by atomic mass is 10.2. The van der Waals surface area contributed by atoms with E-state index in [1.165, 1.54) is 17.6 Å². The Morgan fingerprint density at radius 3 is 2.52 bits per heavy atom. The first-order valence-corrected chi connectivity index (χ1v) is 11.2. The van der Waals surface area contributed by atoms with Gasteiger partial charge in [0, 0.05) is 29.1 Å². The maximum atomic E-state index is 12.6. The van der Waals surface area contributed by atoms with Crippen molar-refractivity contribution in [2.45, 2.75) is 39.3 Å². The molecule has 10 heteroatoms. The van der Waals surface area contributed by atoms with Crippen LogP contribution in [0.15, 0.2) is 47.1 Å². The summed E-state index contributed by atoms with van der Waals surface area (Å²) >= 11 is 1.35. The topological polar surface area (TPSA) is 114 Å². The zero-order chi connectivity index (χ0) is 23.6. The van der Waals surface area contributed by atoms with E-state index in [9.17, 15) is 14.4 Å². The highest BCUT2D eigenvalue weighted by atomic mass is 32.1. The van der Waals surface area contributed by atoms with Gasteiger partial charge in [0.15, 0.2) is 10.9 Å². The van der Waals surface area contributed by atoms with Gasteiger partial charge in [0.25, 0.3) is 11.8 Å². The first-order valence-electron chi connectivity index (χ1n) is 10.4. The summed E-state index contributed by atoms with van der Waals surface area (Å²) in [4.78, 5) is 44.1. The molecule has 0 saturated heterocycles. The largest absolute Gasteiger partial charge is 0.459 e. The van der Waals surface area contributed by atoms with Gasteiger partial charge in [-0.25, -0.2) is 9.78 Å². The normalized spacial score (nSPS) is 13.2. The quantitative estimate of drug-likeness (QED) is 0.581. The smallest absolute Gasteiger partial charge is 0.410 e. The maximum Gasteiger partial charge on any atom is 0.410 e. The number of ether oxygens (including phenoxy) is 1. The van der Waals surface area contributed by atoms with Gasteiger partial charge in [-0.3, -0.25) is 14.9 Å². The third kappa shape index (κ3) is 5.58. The predicted octanol–water partition coefficient (Wildman–Crippen LogP) is 4.53. The number of rotatable bonds is 4. The van der Waals surface area contributed by atoms with Crippen LogP contribution in [0.25, 0.3) is 0 Å². The van der Waals surface area contributed by atoms with E-state index < -0.39 is 5.60 Å². The summed E-state index contributed by atoms with van der Waals surface area (Å²) in [6.07, 6.45) is 1.67. The van der Waals surface area contributed by atoms with Gasteiger partial charge in [-0.15, -0.1) is 0 Å². The van der Waals surface area contributed by atoms with Crippen LogP contribution >= 0.6 is 11.3 Å². The van der Waals surface area contributed by atoms with E-state index in [0.29, 0.717) is 35.9 Å². The van der Waals surface area contributed by atoms with Crippen molar-refractivity contribution < 1.29 is 23.5 Å². The zero-order valence-electron chi connectivity index (χ0n) is 18.5. The standard InChI is InChI=1S/C23H24N4O5S/c1-23(2,3)32-22(30)27-11-10-16-18(13-27)33-21(25-16)26-19(28)14-6-8-15(9-7-14)24-20(29)17-5-4-12-31-17/h4-9,12H,10-11,13H2,1-3H3,(H,24,29)(H,25,26,28). The number of hydrogen-bond acceptors (Lipinski definition) is 7. The molecule has 1 aliphatic heterocycles. The second-order valence-corrected chi connectivity index (χ2v) is 9.59. The number of aromatic nitrogens is 1. The number of anilines is 2. The SMILES string of the molecule is CC(C)(C)OC(=O)N1CCc2nc(NC(=O)c3ccc(NC(=O)c4ccco4)cc3)sc2C1. The molecule has 2 N–H and O–H groups in total. The monoisotopic (exact) mass is 468 g/mol. The Hall–Kier alpha value is -3.66. The highest BCUT2D eigenvalue weighted by molar-refractivity contribution is 7.15. The Morgan fingerprint density at radius 1 is 1.09 bits per heavy atom. The number of nitrogens with one attached hydrogen (secondary N) is 2. The van der Waals surface area contributed by atoms with Gasteiger partial charge in [0.2, 0.25) is 0 Å². The molecule has 172 valence electrons. The lowest BCUT2D eigenvalue weighted by molar-refractivity contribution is 0.0225. The van der Waals surface area contributed by atoms with Crippen molar-refractivity contribution in [3.63, 3.8) is 0 Å². The lowest BCUT2D eigenvalue weighted by Crippen LogP contribution is -2.39. The zero-order valence-corrected chi connectivity index (χ0v) is 19.3. The van der Waals surface area contributed by atoms with Crippen molar-refractivity contribution in [3.8, 4) is 0 Å². The van der Waals surface area contributed by atoms with Gasteiger partial charge in [0.1, 0.15) is 5.60 Å². The molecule has 2 aromatic heterocycles. The summed E-state index contributed by atoms with van der Waals surface area (Å²) < 4.78 is 10.5. The number of carbonyl (C=O) groups is 3. The number of nitrogens with zero attached hydrogens (tertiary/aromatic N) is 2. The summed E-state index contributed by atoms with van der Waals surface area (Å²) in [5, 5.41) is 5.99. The van der Waals surface area contributed by atoms with Crippen LogP contribution in [0.2, 0.25) is 0 Å². The fraction of sp³-hybridized carbons (Fsp3) is 0.304. The molecular formula is C23H24N4O5S. The van der Waals surface area contributed by atoms with E-state index in [1.807, 2.05) is 20.8 Å². The minimum Gasteiger partial charge on any atom is -0.459 e. The molecule has 3 heterocycles. The van der Waals surface area contributed by atoms with Crippen LogP contribution in [-0.2, 0) is 17.7 Å². The molecule has 0 unspecified atom stereocenters. The lowest BCUT2D eigenvalue weighted by Gasteiger charge is -2.29. The van der Waals surface area contributed by atoms with E-state index in [4.69, 9.17) is 9.15 Å². The molecule has 0 spiro atoms. The van der Waals surface area contributed by atoms with Gasteiger partial charge in [0.05, 0.1) is 18.5 Å². The summed E-state index contributed by atoms with van der Waals surface area (Å²) in [5.41, 5.74) is 1.29. The number of benzene rings is 1. The molecule has 0 bridgehead atoms. The van der Waals surface area contributed by atoms with Crippen molar-refractivity contribution >= 4 is 40.1 Å². The molecule has 0 saturated carbocycles. The summed E-state index contributed by atoms with van der Waals surface area (Å²) in [6, 6.07) is 9.71. The molecule has 1 aromatic carbocycles. The van der Waals surface area contributed by atoms with E-state index >= 15 is 0 Å². The third-order valence-corrected chi connectivity index (χ3v) is 5.75. The van der Waals surface area contributed by atoms with E-state index in [1.54, 1.807) is 41.3 Å². The number of amides is 3. The Kier molecular flexibility index (Phi) is 6.19. The number of fused-ring (bicyclic) bond motifs is 1. The van der Waals surface area contributed by atoms with Crippen molar-refractivity contribution in [3.05, 3.63) is 64.6 Å². The third-order valence-electron chi connectivity index (χ3n) is 4.75. The van der Waals surface area contributed by atoms with Crippen LogP contribution in [0.4, 0.5) is 15.6 Å².